The molecule has 0 radical (unpaired) electrons. The van der Waals surface area contributed by atoms with Gasteiger partial charge in [0.05, 0.1) is 5.56 Å². The highest BCUT2D eigenvalue weighted by atomic mass is 32.1. The monoisotopic (exact) mass is 247 g/mol. The maximum Gasteiger partial charge on any atom is 0.150 e. The van der Waals surface area contributed by atoms with Crippen molar-refractivity contribution >= 4 is 16.5 Å². The number of hydrogen-bond donors (Lipinski definition) is 2. The third-order valence-electron chi connectivity index (χ3n) is 2.06. The number of ether oxygens (including phenoxy) is 1. The van der Waals surface area contributed by atoms with Crippen LogP contribution in [-0.4, -0.2) is 9.59 Å². The number of hydrogen-bond acceptors (Lipinski definition) is 7. The number of aromatic nitrogens is 2. The highest BCUT2D eigenvalue weighted by molar-refractivity contribution is 7.10. The highest BCUT2D eigenvalue weighted by Gasteiger charge is 2.08. The Morgan fingerprint density at radius 3 is 3.06 bits per heavy atom. The second kappa shape index (κ2) is 5.25. The van der Waals surface area contributed by atoms with Crippen LogP contribution in [0.25, 0.3) is 0 Å². The van der Waals surface area contributed by atoms with Crippen molar-refractivity contribution < 1.29 is 4.74 Å². The first kappa shape index (κ1) is 11.3. The van der Waals surface area contributed by atoms with Crippen molar-refractivity contribution in [1.82, 2.24) is 9.59 Å². The zero-order valence-electron chi connectivity index (χ0n) is 8.75. The number of nitrogens with zero attached hydrogens (tertiary/aromatic N) is 3. The van der Waals surface area contributed by atoms with E-state index in [1.165, 1.54) is 0 Å². The molecule has 0 aliphatic heterocycles. The molecular weight excluding hydrogens is 238 g/mol. The Balaban J connectivity index is 2.10. The Labute approximate surface area is 102 Å². The Morgan fingerprint density at radius 2 is 2.29 bits per heavy atom. The van der Waals surface area contributed by atoms with Crippen LogP contribution in [0.2, 0.25) is 0 Å². The number of hydrazine groups is 1. The van der Waals surface area contributed by atoms with Crippen LogP contribution in [0.5, 0.6) is 5.75 Å². The molecular formula is C10H9N5OS. The Morgan fingerprint density at radius 1 is 1.47 bits per heavy atom. The lowest BCUT2D eigenvalue weighted by Crippen LogP contribution is -2.08. The van der Waals surface area contributed by atoms with Gasteiger partial charge < -0.3 is 10.2 Å². The molecule has 6 nitrogen and oxygen atoms in total. The molecule has 0 amide bonds. The van der Waals surface area contributed by atoms with Crippen molar-refractivity contribution in [3.8, 4) is 11.8 Å². The maximum atomic E-state index is 8.89. The largest absolute Gasteiger partial charge is 0.486 e. The summed E-state index contributed by atoms with van der Waals surface area (Å²) < 4.78 is 9.25. The Hall–Kier alpha value is -2.17. The van der Waals surface area contributed by atoms with Crippen molar-refractivity contribution in [3.05, 3.63) is 35.5 Å². The van der Waals surface area contributed by atoms with E-state index in [2.05, 4.69) is 21.1 Å². The van der Waals surface area contributed by atoms with Crippen LogP contribution in [0.3, 0.4) is 0 Å². The number of nitriles is 1. The van der Waals surface area contributed by atoms with E-state index < -0.39 is 0 Å². The van der Waals surface area contributed by atoms with E-state index in [1.807, 2.05) is 0 Å². The van der Waals surface area contributed by atoms with E-state index in [4.69, 9.17) is 15.8 Å². The summed E-state index contributed by atoms with van der Waals surface area (Å²) in [6.07, 6.45) is 0. The molecule has 1 aromatic heterocycles. The van der Waals surface area contributed by atoms with Crippen LogP contribution in [0.15, 0.2) is 24.3 Å². The lowest BCUT2D eigenvalue weighted by Gasteiger charge is -2.06. The molecule has 0 aliphatic rings. The molecule has 17 heavy (non-hydrogen) atoms. The summed E-state index contributed by atoms with van der Waals surface area (Å²) >= 11 is 1.15. The molecule has 0 unspecified atom stereocenters. The number of para-hydroxylation sites is 1. The lowest BCUT2D eigenvalue weighted by atomic mass is 10.2. The average molecular weight is 247 g/mol. The van der Waals surface area contributed by atoms with Gasteiger partial charge in [0.25, 0.3) is 0 Å². The molecule has 3 N–H and O–H groups in total. The molecule has 7 heteroatoms. The lowest BCUT2D eigenvalue weighted by molar-refractivity contribution is 0.301. The van der Waals surface area contributed by atoms with Gasteiger partial charge in [-0.3, -0.25) is 0 Å². The smallest absolute Gasteiger partial charge is 0.150 e. The second-order valence-corrected chi connectivity index (χ2v) is 3.84. The summed E-state index contributed by atoms with van der Waals surface area (Å²) in [5, 5.41) is 13.4. The van der Waals surface area contributed by atoms with Crippen LogP contribution in [0, 0.1) is 11.3 Å². The fraction of sp³-hybridized carbons (Fsp3) is 0.100. The van der Waals surface area contributed by atoms with Gasteiger partial charge in [0.1, 0.15) is 24.1 Å². The van der Waals surface area contributed by atoms with Crippen LogP contribution >= 0.6 is 11.5 Å². The zero-order chi connectivity index (χ0) is 12.1. The molecule has 1 aromatic carbocycles. The van der Waals surface area contributed by atoms with E-state index in [9.17, 15) is 0 Å². The van der Waals surface area contributed by atoms with E-state index in [0.717, 1.165) is 11.5 Å². The third kappa shape index (κ3) is 2.50. The maximum absolute atomic E-state index is 8.89. The molecule has 0 saturated carbocycles. The molecule has 1 heterocycles. The second-order valence-electron chi connectivity index (χ2n) is 3.09. The highest BCUT2D eigenvalue weighted by Crippen LogP contribution is 2.21. The van der Waals surface area contributed by atoms with Crippen molar-refractivity contribution in [2.75, 3.05) is 5.43 Å². The van der Waals surface area contributed by atoms with Gasteiger partial charge in [-0.2, -0.15) is 5.26 Å². The molecule has 86 valence electrons. The Kier molecular flexibility index (Phi) is 3.49. The van der Waals surface area contributed by atoms with Gasteiger partial charge in [0.15, 0.2) is 5.00 Å². The van der Waals surface area contributed by atoms with Crippen molar-refractivity contribution in [2.24, 2.45) is 5.84 Å². The van der Waals surface area contributed by atoms with Crippen LogP contribution in [0.4, 0.5) is 5.00 Å². The molecule has 0 saturated heterocycles. The van der Waals surface area contributed by atoms with Gasteiger partial charge in [-0.05, 0) is 12.1 Å². The first-order valence-corrected chi connectivity index (χ1v) is 5.52. The number of nitrogen functional groups attached to an aromatic ring is 1. The number of rotatable bonds is 4. The van der Waals surface area contributed by atoms with Crippen molar-refractivity contribution in [3.63, 3.8) is 0 Å². The fourth-order valence-corrected chi connectivity index (χ4v) is 1.72. The minimum absolute atomic E-state index is 0.217. The molecule has 0 fully saturated rings. The predicted molar refractivity (Wildman–Crippen MR) is 63.2 cm³/mol. The summed E-state index contributed by atoms with van der Waals surface area (Å²) in [6.45, 7) is 0.217. The molecule has 0 spiro atoms. The summed E-state index contributed by atoms with van der Waals surface area (Å²) in [5.74, 6) is 5.81. The molecule has 2 aromatic rings. The van der Waals surface area contributed by atoms with E-state index in [-0.39, 0.29) is 6.61 Å². The van der Waals surface area contributed by atoms with E-state index in [0.29, 0.717) is 22.0 Å². The number of anilines is 1. The van der Waals surface area contributed by atoms with Gasteiger partial charge in [0.2, 0.25) is 0 Å². The van der Waals surface area contributed by atoms with Gasteiger partial charge in [-0.1, -0.05) is 16.6 Å². The van der Waals surface area contributed by atoms with Crippen LogP contribution in [0.1, 0.15) is 11.3 Å². The summed E-state index contributed by atoms with van der Waals surface area (Å²) in [7, 11) is 0. The number of benzene rings is 1. The van der Waals surface area contributed by atoms with Crippen molar-refractivity contribution in [1.29, 1.82) is 5.26 Å². The van der Waals surface area contributed by atoms with Crippen molar-refractivity contribution in [2.45, 2.75) is 6.61 Å². The summed E-state index contributed by atoms with van der Waals surface area (Å²) in [5.41, 5.74) is 3.59. The minimum Gasteiger partial charge on any atom is -0.486 e. The molecule has 2 rings (SSSR count). The van der Waals surface area contributed by atoms with Crippen LogP contribution in [-0.2, 0) is 6.61 Å². The Bertz CT molecular complexity index is 548. The zero-order valence-corrected chi connectivity index (χ0v) is 9.57. The van der Waals surface area contributed by atoms with E-state index >= 15 is 0 Å². The minimum atomic E-state index is 0.217. The van der Waals surface area contributed by atoms with Gasteiger partial charge >= 0.3 is 0 Å². The van der Waals surface area contributed by atoms with E-state index in [1.54, 1.807) is 24.3 Å². The molecule has 0 atom stereocenters. The summed E-state index contributed by atoms with van der Waals surface area (Å²) in [4.78, 5) is 0. The standard InChI is InChI=1S/C10H9N5OS/c11-5-7-3-1-2-4-9(7)16-6-8-10(13-12)17-15-14-8/h1-4,13H,6,12H2. The fourth-order valence-electron chi connectivity index (χ4n) is 1.24. The van der Waals surface area contributed by atoms with Gasteiger partial charge in [0, 0.05) is 11.5 Å². The SMILES string of the molecule is N#Cc1ccccc1OCc1nnsc1NN. The first-order valence-electron chi connectivity index (χ1n) is 4.75. The van der Waals surface area contributed by atoms with Gasteiger partial charge in [-0.25, -0.2) is 5.84 Å². The summed E-state index contributed by atoms with van der Waals surface area (Å²) in [6, 6.07) is 9.06. The van der Waals surface area contributed by atoms with Gasteiger partial charge in [-0.15, -0.1) is 5.10 Å². The van der Waals surface area contributed by atoms with Crippen LogP contribution < -0.4 is 16.0 Å². The molecule has 0 aliphatic carbocycles. The third-order valence-corrected chi connectivity index (χ3v) is 2.76. The average Bonchev–Trinajstić information content (AvgIpc) is 2.84. The number of nitrogens with one attached hydrogen (secondary N) is 1. The molecule has 0 bridgehead atoms. The number of nitrogens with two attached hydrogens (primary N) is 1. The predicted octanol–water partition coefficient (Wildman–Crippen LogP) is 1.27. The normalized spacial score (nSPS) is 9.65. The first-order chi connectivity index (χ1) is 8.35. The quantitative estimate of drug-likeness (QED) is 0.624. The topological polar surface area (TPSA) is 96.8 Å².